The number of rotatable bonds is 5. The van der Waals surface area contributed by atoms with E-state index in [2.05, 4.69) is 5.32 Å². The van der Waals surface area contributed by atoms with E-state index in [9.17, 15) is 4.39 Å². The molecule has 5 heteroatoms. The van der Waals surface area contributed by atoms with Crippen LogP contribution in [0, 0.1) is 5.82 Å². The van der Waals surface area contributed by atoms with E-state index < -0.39 is 6.10 Å². The van der Waals surface area contributed by atoms with Gasteiger partial charge in [0, 0.05) is 30.2 Å². The topological polar surface area (TPSA) is 58.3 Å². The quantitative estimate of drug-likeness (QED) is 0.707. The molecule has 0 saturated heterocycles. The summed E-state index contributed by atoms with van der Waals surface area (Å²) in [5, 5.41) is 12.5. The maximum atomic E-state index is 13.2. The van der Waals surface area contributed by atoms with Gasteiger partial charge in [-0.1, -0.05) is 11.6 Å². The maximum Gasteiger partial charge on any atom is 0.127 e. The molecule has 0 heterocycles. The van der Waals surface area contributed by atoms with Crippen LogP contribution in [-0.4, -0.2) is 24.3 Å². The first kappa shape index (κ1) is 12.4. The van der Waals surface area contributed by atoms with Gasteiger partial charge in [0.2, 0.25) is 0 Å². The van der Waals surface area contributed by atoms with Crippen LogP contribution in [0.2, 0.25) is 5.02 Å². The van der Waals surface area contributed by atoms with Crippen molar-refractivity contribution in [3.8, 4) is 0 Å². The molecule has 0 aromatic heterocycles. The highest BCUT2D eigenvalue weighted by atomic mass is 35.5. The molecule has 1 aromatic carbocycles. The summed E-state index contributed by atoms with van der Waals surface area (Å²) in [5.74, 6) is -0.311. The van der Waals surface area contributed by atoms with Crippen molar-refractivity contribution in [3.63, 3.8) is 0 Å². The highest BCUT2D eigenvalue weighted by Crippen LogP contribution is 2.14. The Hall–Kier alpha value is -0.680. The van der Waals surface area contributed by atoms with Crippen molar-refractivity contribution < 1.29 is 9.50 Å². The van der Waals surface area contributed by atoms with Gasteiger partial charge in [-0.3, -0.25) is 0 Å². The predicted octanol–water partition coefficient (Wildman–Crippen LogP) is 0.888. The molecule has 1 aromatic rings. The Balaban J connectivity index is 2.46. The summed E-state index contributed by atoms with van der Waals surface area (Å²) in [6.07, 6.45) is -0.604. The Morgan fingerprint density at radius 3 is 2.93 bits per heavy atom. The molecule has 0 amide bonds. The molecule has 1 unspecified atom stereocenters. The fraction of sp³-hybridized carbons (Fsp3) is 0.400. The zero-order valence-corrected chi connectivity index (χ0v) is 8.97. The van der Waals surface area contributed by atoms with Gasteiger partial charge in [-0.2, -0.15) is 0 Å². The van der Waals surface area contributed by atoms with Gasteiger partial charge in [-0.15, -0.1) is 0 Å². The number of aliphatic hydroxyl groups is 1. The van der Waals surface area contributed by atoms with E-state index in [1.54, 1.807) is 6.07 Å². The minimum Gasteiger partial charge on any atom is -0.390 e. The van der Waals surface area contributed by atoms with Crippen molar-refractivity contribution in [2.24, 2.45) is 5.73 Å². The van der Waals surface area contributed by atoms with Gasteiger partial charge in [0.1, 0.15) is 5.82 Å². The van der Waals surface area contributed by atoms with Gasteiger partial charge >= 0.3 is 0 Å². The summed E-state index contributed by atoms with van der Waals surface area (Å²) in [6, 6.07) is 4.37. The average molecular weight is 233 g/mol. The molecule has 3 nitrogen and oxygen atoms in total. The van der Waals surface area contributed by atoms with Crippen molar-refractivity contribution in [3.05, 3.63) is 34.6 Å². The molecular formula is C10H14ClFN2O. The molecule has 0 aliphatic carbocycles. The van der Waals surface area contributed by atoms with E-state index in [-0.39, 0.29) is 12.4 Å². The third-order valence-electron chi connectivity index (χ3n) is 1.98. The summed E-state index contributed by atoms with van der Waals surface area (Å²) in [6.45, 7) is 0.844. The highest BCUT2D eigenvalue weighted by molar-refractivity contribution is 6.30. The molecule has 0 radical (unpaired) electrons. The standard InChI is InChI=1S/C10H14ClFN2O/c11-8-1-2-10(12)7(3-8)5-14-6-9(15)4-13/h1-3,9,14-15H,4-6,13H2. The van der Waals surface area contributed by atoms with Crippen LogP contribution in [0.25, 0.3) is 0 Å². The molecule has 0 aliphatic heterocycles. The number of benzene rings is 1. The van der Waals surface area contributed by atoms with Crippen LogP contribution >= 0.6 is 11.6 Å². The lowest BCUT2D eigenvalue weighted by atomic mass is 10.2. The molecule has 1 rings (SSSR count). The average Bonchev–Trinajstić information content (AvgIpc) is 2.23. The summed E-state index contributed by atoms with van der Waals surface area (Å²) in [5.41, 5.74) is 5.70. The van der Waals surface area contributed by atoms with E-state index in [0.29, 0.717) is 23.7 Å². The fourth-order valence-electron chi connectivity index (χ4n) is 1.14. The summed E-state index contributed by atoms with van der Waals surface area (Å²) in [7, 11) is 0. The van der Waals surface area contributed by atoms with Gasteiger partial charge in [-0.25, -0.2) is 4.39 Å². The monoisotopic (exact) mass is 232 g/mol. The Kier molecular flexibility index (Phi) is 4.98. The van der Waals surface area contributed by atoms with Gasteiger partial charge < -0.3 is 16.2 Å². The molecule has 0 aliphatic rings. The molecule has 0 fully saturated rings. The van der Waals surface area contributed by atoms with E-state index in [0.717, 1.165) is 0 Å². The number of hydrogen-bond donors (Lipinski definition) is 3. The maximum absolute atomic E-state index is 13.2. The van der Waals surface area contributed by atoms with Crippen LogP contribution in [-0.2, 0) is 6.54 Å². The molecule has 84 valence electrons. The lowest BCUT2D eigenvalue weighted by molar-refractivity contribution is 0.179. The second-order valence-corrected chi connectivity index (χ2v) is 3.69. The van der Waals surface area contributed by atoms with E-state index in [1.165, 1.54) is 12.1 Å². The molecule has 0 bridgehead atoms. The van der Waals surface area contributed by atoms with E-state index in [4.69, 9.17) is 22.4 Å². The Morgan fingerprint density at radius 2 is 2.27 bits per heavy atom. The van der Waals surface area contributed by atoms with Gasteiger partial charge in [-0.05, 0) is 18.2 Å². The van der Waals surface area contributed by atoms with Crippen LogP contribution in [0.4, 0.5) is 4.39 Å². The second kappa shape index (κ2) is 6.02. The number of aliphatic hydroxyl groups excluding tert-OH is 1. The van der Waals surface area contributed by atoms with Crippen LogP contribution < -0.4 is 11.1 Å². The van der Waals surface area contributed by atoms with Gasteiger partial charge in [0.25, 0.3) is 0 Å². The first-order valence-corrected chi connectivity index (χ1v) is 5.04. The Bertz CT molecular complexity index is 322. The van der Waals surface area contributed by atoms with Crippen molar-refractivity contribution >= 4 is 11.6 Å². The third-order valence-corrected chi connectivity index (χ3v) is 2.21. The number of hydrogen-bond acceptors (Lipinski definition) is 3. The Labute approximate surface area is 93.0 Å². The van der Waals surface area contributed by atoms with E-state index >= 15 is 0 Å². The molecule has 0 saturated carbocycles. The summed E-state index contributed by atoms with van der Waals surface area (Å²) < 4.78 is 13.2. The molecular weight excluding hydrogens is 219 g/mol. The first-order valence-electron chi connectivity index (χ1n) is 4.66. The lowest BCUT2D eigenvalue weighted by Gasteiger charge is -2.09. The predicted molar refractivity (Wildman–Crippen MR) is 58.2 cm³/mol. The zero-order valence-electron chi connectivity index (χ0n) is 8.21. The summed E-state index contributed by atoms with van der Waals surface area (Å²) in [4.78, 5) is 0. The molecule has 4 N–H and O–H groups in total. The minimum absolute atomic E-state index is 0.186. The van der Waals surface area contributed by atoms with Crippen LogP contribution in [0.3, 0.4) is 0 Å². The zero-order chi connectivity index (χ0) is 11.3. The number of nitrogens with two attached hydrogens (primary N) is 1. The largest absolute Gasteiger partial charge is 0.390 e. The number of nitrogens with one attached hydrogen (secondary N) is 1. The second-order valence-electron chi connectivity index (χ2n) is 3.26. The van der Waals surface area contributed by atoms with Gasteiger partial charge in [0.05, 0.1) is 6.10 Å². The SMILES string of the molecule is NCC(O)CNCc1cc(Cl)ccc1F. The van der Waals surface area contributed by atoms with E-state index in [1.807, 2.05) is 0 Å². The van der Waals surface area contributed by atoms with Crippen LogP contribution in [0.15, 0.2) is 18.2 Å². The van der Waals surface area contributed by atoms with Crippen molar-refractivity contribution in [2.45, 2.75) is 12.6 Å². The van der Waals surface area contributed by atoms with Crippen LogP contribution in [0.5, 0.6) is 0 Å². The van der Waals surface area contributed by atoms with Crippen LogP contribution in [0.1, 0.15) is 5.56 Å². The lowest BCUT2D eigenvalue weighted by Crippen LogP contribution is -2.32. The molecule has 1 atom stereocenters. The van der Waals surface area contributed by atoms with Crippen molar-refractivity contribution in [2.75, 3.05) is 13.1 Å². The highest BCUT2D eigenvalue weighted by Gasteiger charge is 2.04. The summed E-state index contributed by atoms with van der Waals surface area (Å²) >= 11 is 5.72. The first-order chi connectivity index (χ1) is 7.13. The van der Waals surface area contributed by atoms with Gasteiger partial charge in [0.15, 0.2) is 0 Å². The fourth-order valence-corrected chi connectivity index (χ4v) is 1.33. The molecule has 15 heavy (non-hydrogen) atoms. The van der Waals surface area contributed by atoms with Crippen molar-refractivity contribution in [1.29, 1.82) is 0 Å². The third kappa shape index (κ3) is 4.13. The van der Waals surface area contributed by atoms with Crippen molar-refractivity contribution in [1.82, 2.24) is 5.32 Å². The Morgan fingerprint density at radius 1 is 1.53 bits per heavy atom. The number of halogens is 2. The normalized spacial score (nSPS) is 12.8. The molecule has 0 spiro atoms. The smallest absolute Gasteiger partial charge is 0.127 e. The minimum atomic E-state index is -0.604.